The summed E-state index contributed by atoms with van der Waals surface area (Å²) in [5.41, 5.74) is 1.46. The van der Waals surface area contributed by atoms with Gasteiger partial charge in [0.05, 0.1) is 5.75 Å². The van der Waals surface area contributed by atoms with Gasteiger partial charge in [0.15, 0.2) is 11.5 Å². The van der Waals surface area contributed by atoms with Crippen LogP contribution in [0.1, 0.15) is 43.9 Å². The molecule has 0 bridgehead atoms. The largest absolute Gasteiger partial charge is 0.379 e. The van der Waals surface area contributed by atoms with Gasteiger partial charge in [0, 0.05) is 23.2 Å². The fourth-order valence-corrected chi connectivity index (χ4v) is 5.20. The molecular weight excluding hydrogens is 434 g/mol. The highest BCUT2D eigenvalue weighted by molar-refractivity contribution is 7.97. The molecule has 1 aromatic heterocycles. The van der Waals surface area contributed by atoms with Crippen molar-refractivity contribution in [1.82, 2.24) is 9.29 Å². The van der Waals surface area contributed by atoms with Crippen LogP contribution in [-0.2, 0) is 19.1 Å². The third-order valence-corrected chi connectivity index (χ3v) is 6.92. The van der Waals surface area contributed by atoms with E-state index in [0.29, 0.717) is 17.8 Å². The number of anilines is 1. The summed E-state index contributed by atoms with van der Waals surface area (Å²) in [6.45, 7) is 3.89. The highest BCUT2D eigenvalue weighted by atomic mass is 32.2. The normalized spacial score (nSPS) is 13.7. The maximum Gasteiger partial charge on any atom is 0.309 e. The molecule has 0 spiro atoms. The van der Waals surface area contributed by atoms with E-state index in [9.17, 15) is 13.2 Å². The molecule has 0 atom stereocenters. The molecule has 0 aliphatic carbocycles. The average molecular weight is 462 g/mol. The Hall–Kier alpha value is -2.52. The van der Waals surface area contributed by atoms with E-state index in [1.54, 1.807) is 35.6 Å². The first-order valence-electron chi connectivity index (χ1n) is 10.2. The van der Waals surface area contributed by atoms with Crippen LogP contribution in [0.3, 0.4) is 0 Å². The van der Waals surface area contributed by atoms with E-state index in [2.05, 4.69) is 17.2 Å². The van der Waals surface area contributed by atoms with Gasteiger partial charge in [-0.05, 0) is 49.6 Å². The number of pyridine rings is 1. The molecule has 0 saturated carbocycles. The monoisotopic (exact) mass is 461 g/mol. The van der Waals surface area contributed by atoms with Crippen LogP contribution in [0, 0.1) is 6.92 Å². The molecule has 1 amide bonds. The molecule has 0 radical (unpaired) electrons. The van der Waals surface area contributed by atoms with Gasteiger partial charge in [-0.2, -0.15) is 8.42 Å². The number of benzene rings is 1. The minimum atomic E-state index is -3.86. The van der Waals surface area contributed by atoms with Crippen LogP contribution in [0.5, 0.6) is 0 Å². The van der Waals surface area contributed by atoms with E-state index >= 15 is 0 Å². The second-order valence-electron chi connectivity index (χ2n) is 7.29. The van der Waals surface area contributed by atoms with Crippen LogP contribution in [-0.4, -0.2) is 36.4 Å². The zero-order valence-electron chi connectivity index (χ0n) is 17.9. The number of nitrogens with zero attached hydrogens (tertiary/aromatic N) is 2. The second kappa shape index (κ2) is 10.2. The number of unbranched alkanes of at least 4 members (excludes halogenated alkanes) is 3. The number of likely N-dealkylation sites (N-methyl/N-ethyl adjacent to an activating group) is 1. The van der Waals surface area contributed by atoms with Gasteiger partial charge in [0.1, 0.15) is 5.82 Å². The molecule has 1 aliphatic rings. The van der Waals surface area contributed by atoms with E-state index in [4.69, 9.17) is 4.18 Å². The number of hydrogen-bond acceptors (Lipinski definition) is 7. The van der Waals surface area contributed by atoms with E-state index in [-0.39, 0.29) is 17.2 Å². The topological polar surface area (TPSA) is 88.6 Å². The van der Waals surface area contributed by atoms with E-state index in [0.717, 1.165) is 29.9 Å². The lowest BCUT2D eigenvalue weighted by molar-refractivity contribution is -0.113. The van der Waals surface area contributed by atoms with Crippen molar-refractivity contribution in [3.63, 3.8) is 0 Å². The fraction of sp³-hybridized carbons (Fsp3) is 0.364. The van der Waals surface area contributed by atoms with Crippen molar-refractivity contribution >= 4 is 39.6 Å². The second-order valence-corrected chi connectivity index (χ2v) is 10.1. The number of fused-ring (bicyclic) bond motifs is 1. The summed E-state index contributed by atoms with van der Waals surface area (Å²) in [5.74, 6) is -0.156. The molecule has 1 aliphatic heterocycles. The Bertz CT molecular complexity index is 1080. The minimum Gasteiger partial charge on any atom is -0.379 e. The molecule has 31 heavy (non-hydrogen) atoms. The van der Waals surface area contributed by atoms with Crippen LogP contribution >= 0.6 is 11.9 Å². The van der Waals surface area contributed by atoms with Gasteiger partial charge < -0.3 is 13.8 Å². The highest BCUT2D eigenvalue weighted by Gasteiger charge is 2.32. The molecule has 9 heteroatoms. The molecule has 3 rings (SSSR count). The summed E-state index contributed by atoms with van der Waals surface area (Å²) < 4.78 is 32.6. The summed E-state index contributed by atoms with van der Waals surface area (Å²) in [5, 5.41) is 2.75. The van der Waals surface area contributed by atoms with Crippen molar-refractivity contribution in [1.29, 1.82) is 0 Å². The van der Waals surface area contributed by atoms with Gasteiger partial charge in [-0.1, -0.05) is 44.4 Å². The van der Waals surface area contributed by atoms with Gasteiger partial charge >= 0.3 is 10.1 Å². The zero-order valence-corrected chi connectivity index (χ0v) is 19.6. The molecule has 7 nitrogen and oxygen atoms in total. The van der Waals surface area contributed by atoms with Gasteiger partial charge in [0.25, 0.3) is 5.91 Å². The van der Waals surface area contributed by atoms with Crippen molar-refractivity contribution in [2.24, 2.45) is 0 Å². The Kier molecular flexibility index (Phi) is 7.61. The first-order chi connectivity index (χ1) is 14.8. The summed E-state index contributed by atoms with van der Waals surface area (Å²) in [6.07, 6.45) is 3.32. The van der Waals surface area contributed by atoms with Crippen molar-refractivity contribution in [3.05, 3.63) is 59.4 Å². The molecule has 2 heterocycles. The van der Waals surface area contributed by atoms with Gasteiger partial charge in [0.2, 0.25) is 0 Å². The quantitative estimate of drug-likeness (QED) is 0.332. The zero-order chi connectivity index (χ0) is 22.4. The lowest BCUT2D eigenvalue weighted by Crippen LogP contribution is -2.29. The average Bonchev–Trinajstić information content (AvgIpc) is 2.71. The van der Waals surface area contributed by atoms with Crippen LogP contribution in [0.15, 0.2) is 53.1 Å². The Morgan fingerprint density at radius 1 is 1.13 bits per heavy atom. The summed E-state index contributed by atoms with van der Waals surface area (Å²) >= 11 is 1.34. The third kappa shape index (κ3) is 6.01. The Morgan fingerprint density at radius 3 is 2.65 bits per heavy atom. The Morgan fingerprint density at radius 2 is 1.90 bits per heavy atom. The summed E-state index contributed by atoms with van der Waals surface area (Å²) in [4.78, 5) is 18.3. The number of amides is 1. The van der Waals surface area contributed by atoms with E-state index in [1.165, 1.54) is 11.9 Å². The minimum absolute atomic E-state index is 0.0393. The Balaban J connectivity index is 1.95. The molecule has 1 N–H and O–H groups in total. The molecule has 1 aromatic carbocycles. The first kappa shape index (κ1) is 23.1. The number of hydrogen-bond donors (Lipinski definition) is 1. The first-order valence-corrected chi connectivity index (χ1v) is 12.6. The SMILES string of the molecule is CCCCCCS(=O)(=O)OC1=C(C(=O)Nc2cccc(C)n2)N(C)Sc2ccccc21. The maximum absolute atomic E-state index is 13.2. The van der Waals surface area contributed by atoms with Crippen molar-refractivity contribution < 1.29 is 17.4 Å². The predicted octanol–water partition coefficient (Wildman–Crippen LogP) is 4.58. The van der Waals surface area contributed by atoms with Gasteiger partial charge in [-0.15, -0.1) is 0 Å². The Labute approximate surface area is 188 Å². The lowest BCUT2D eigenvalue weighted by Gasteiger charge is -2.29. The van der Waals surface area contributed by atoms with Crippen molar-refractivity contribution in [2.45, 2.75) is 44.4 Å². The van der Waals surface area contributed by atoms with Crippen LogP contribution in [0.4, 0.5) is 5.82 Å². The van der Waals surface area contributed by atoms with Crippen LogP contribution < -0.4 is 5.32 Å². The van der Waals surface area contributed by atoms with Crippen LogP contribution in [0.25, 0.3) is 5.76 Å². The number of nitrogens with one attached hydrogen (secondary N) is 1. The lowest BCUT2D eigenvalue weighted by atomic mass is 10.1. The summed E-state index contributed by atoms with van der Waals surface area (Å²) in [7, 11) is -2.16. The molecule has 0 fully saturated rings. The molecule has 166 valence electrons. The number of aromatic nitrogens is 1. The van der Waals surface area contributed by atoms with E-state index in [1.807, 2.05) is 25.1 Å². The highest BCUT2D eigenvalue weighted by Crippen LogP contribution is 2.41. The number of carbonyl (C=O) groups excluding carboxylic acids is 1. The van der Waals surface area contributed by atoms with Crippen LogP contribution in [0.2, 0.25) is 0 Å². The maximum atomic E-state index is 13.2. The fourth-order valence-electron chi connectivity index (χ4n) is 3.19. The molecule has 2 aromatic rings. The third-order valence-electron chi connectivity index (χ3n) is 4.70. The number of aryl methyl sites for hydroxylation is 1. The standard InChI is InChI=1S/C22H27N3O4S2/c1-4-5-6-9-15-31(27,28)29-21-17-12-7-8-13-18(17)30-25(3)20(21)22(26)24-19-14-10-11-16(2)23-19/h7-8,10-14H,4-6,9,15H2,1-3H3,(H,23,24,26). The molecular formula is C22H27N3O4S2. The molecule has 0 unspecified atom stereocenters. The van der Waals surface area contributed by atoms with Gasteiger partial charge in [-0.3, -0.25) is 4.79 Å². The smallest absolute Gasteiger partial charge is 0.309 e. The van der Waals surface area contributed by atoms with Crippen molar-refractivity contribution in [2.75, 3.05) is 18.1 Å². The van der Waals surface area contributed by atoms with Gasteiger partial charge in [-0.25, -0.2) is 4.98 Å². The number of rotatable bonds is 9. The van der Waals surface area contributed by atoms with Crippen molar-refractivity contribution in [3.8, 4) is 0 Å². The summed E-state index contributed by atoms with van der Waals surface area (Å²) in [6, 6.07) is 12.6. The number of carbonyl (C=O) groups is 1. The van der Waals surface area contributed by atoms with E-state index < -0.39 is 16.0 Å². The predicted molar refractivity (Wildman–Crippen MR) is 124 cm³/mol. The molecule has 0 saturated heterocycles.